The molecule has 0 N–H and O–H groups in total. The van der Waals surface area contributed by atoms with Crippen LogP contribution in [0, 0.1) is 0 Å². The van der Waals surface area contributed by atoms with Crippen molar-refractivity contribution in [1.29, 1.82) is 0 Å². The lowest BCUT2D eigenvalue weighted by Gasteiger charge is -2.25. The van der Waals surface area contributed by atoms with Crippen molar-refractivity contribution in [2.24, 2.45) is 0 Å². The first-order valence-electron chi connectivity index (χ1n) is 9.37. The smallest absolute Gasteiger partial charge is 0.223 e. The molecular formula is C22H26N4O. The van der Waals surface area contributed by atoms with Gasteiger partial charge in [-0.2, -0.15) is 5.10 Å². The molecule has 1 amide bonds. The fourth-order valence-electron chi connectivity index (χ4n) is 3.06. The van der Waals surface area contributed by atoms with E-state index in [2.05, 4.69) is 48.2 Å². The maximum absolute atomic E-state index is 12.6. The number of nitrogens with zero attached hydrogens (tertiary/aromatic N) is 4. The van der Waals surface area contributed by atoms with Gasteiger partial charge in [0, 0.05) is 13.5 Å². The van der Waals surface area contributed by atoms with E-state index >= 15 is 0 Å². The lowest BCUT2D eigenvalue weighted by atomic mass is 10.0. The van der Waals surface area contributed by atoms with Crippen LogP contribution < -0.4 is 0 Å². The largest absolute Gasteiger partial charge is 0.339 e. The van der Waals surface area contributed by atoms with Crippen molar-refractivity contribution < 1.29 is 4.79 Å². The van der Waals surface area contributed by atoms with E-state index < -0.39 is 0 Å². The van der Waals surface area contributed by atoms with E-state index in [1.54, 1.807) is 11.0 Å². The summed E-state index contributed by atoms with van der Waals surface area (Å²) in [6, 6.07) is 16.6. The third kappa shape index (κ3) is 4.61. The average molecular weight is 362 g/mol. The molecule has 0 aliphatic carbocycles. The van der Waals surface area contributed by atoms with Crippen molar-refractivity contribution in [3.8, 4) is 5.69 Å². The van der Waals surface area contributed by atoms with Crippen molar-refractivity contribution in [3.05, 3.63) is 77.9 Å². The van der Waals surface area contributed by atoms with Crippen LogP contribution in [0.25, 0.3) is 5.69 Å². The zero-order valence-electron chi connectivity index (χ0n) is 16.2. The van der Waals surface area contributed by atoms with Gasteiger partial charge in [-0.25, -0.2) is 9.67 Å². The summed E-state index contributed by atoms with van der Waals surface area (Å²) in [5, 5.41) is 4.13. The molecule has 0 aliphatic rings. The number of aryl methyl sites for hydroxylation is 2. The highest BCUT2D eigenvalue weighted by Crippen LogP contribution is 2.21. The quantitative estimate of drug-likeness (QED) is 0.639. The van der Waals surface area contributed by atoms with E-state index in [4.69, 9.17) is 0 Å². The summed E-state index contributed by atoms with van der Waals surface area (Å²) < 4.78 is 1.72. The molecule has 2 aromatic carbocycles. The number of amides is 1. The molecule has 0 unspecified atom stereocenters. The maximum atomic E-state index is 12.6. The number of hydrogen-bond acceptors (Lipinski definition) is 3. The first kappa shape index (κ1) is 18.8. The molecule has 1 atom stereocenters. The number of carbonyl (C=O) groups is 1. The van der Waals surface area contributed by atoms with E-state index in [9.17, 15) is 4.79 Å². The third-order valence-corrected chi connectivity index (χ3v) is 5.09. The van der Waals surface area contributed by atoms with E-state index in [-0.39, 0.29) is 11.9 Å². The van der Waals surface area contributed by atoms with Crippen molar-refractivity contribution >= 4 is 5.91 Å². The Kier molecular flexibility index (Phi) is 6.01. The summed E-state index contributed by atoms with van der Waals surface area (Å²) >= 11 is 0. The van der Waals surface area contributed by atoms with Crippen LogP contribution >= 0.6 is 0 Å². The highest BCUT2D eigenvalue weighted by Gasteiger charge is 2.17. The third-order valence-electron chi connectivity index (χ3n) is 5.09. The van der Waals surface area contributed by atoms with Crippen LogP contribution in [0.4, 0.5) is 0 Å². The molecule has 5 nitrogen and oxygen atoms in total. The van der Waals surface area contributed by atoms with Gasteiger partial charge in [0.05, 0.1) is 11.7 Å². The lowest BCUT2D eigenvalue weighted by Crippen LogP contribution is -2.29. The molecule has 0 spiro atoms. The summed E-state index contributed by atoms with van der Waals surface area (Å²) in [4.78, 5) is 18.4. The molecule has 3 rings (SSSR count). The Hall–Kier alpha value is -2.95. The van der Waals surface area contributed by atoms with Gasteiger partial charge in [-0.15, -0.1) is 0 Å². The molecule has 1 heterocycles. The van der Waals surface area contributed by atoms with Gasteiger partial charge >= 0.3 is 0 Å². The standard InChI is InChI=1S/C22H26N4O/c1-4-18-5-7-19(8-6-18)9-14-22(27)25(3)17(2)20-10-12-21(13-11-20)26-16-23-15-24-26/h5-8,10-13,15-17H,4,9,14H2,1-3H3/t17-/m0/s1. The Labute approximate surface area is 160 Å². The summed E-state index contributed by atoms with van der Waals surface area (Å²) in [7, 11) is 1.87. The SMILES string of the molecule is CCc1ccc(CCC(=O)N(C)[C@@H](C)c2ccc(-n3cncn3)cc2)cc1. The molecule has 0 fully saturated rings. The molecule has 1 aromatic heterocycles. The van der Waals surface area contributed by atoms with Crippen LogP contribution in [0.15, 0.2) is 61.2 Å². The van der Waals surface area contributed by atoms with Gasteiger partial charge in [-0.1, -0.05) is 43.3 Å². The van der Waals surface area contributed by atoms with Crippen LogP contribution in [-0.2, 0) is 17.6 Å². The van der Waals surface area contributed by atoms with E-state index in [1.165, 1.54) is 17.5 Å². The molecule has 0 bridgehead atoms. The molecule has 140 valence electrons. The van der Waals surface area contributed by atoms with E-state index in [1.807, 2.05) is 36.2 Å². The Morgan fingerprint density at radius 2 is 1.74 bits per heavy atom. The van der Waals surface area contributed by atoms with Crippen molar-refractivity contribution in [2.45, 2.75) is 39.2 Å². The average Bonchev–Trinajstić information content (AvgIpc) is 3.26. The van der Waals surface area contributed by atoms with Crippen LogP contribution in [0.3, 0.4) is 0 Å². The van der Waals surface area contributed by atoms with Gasteiger partial charge in [0.25, 0.3) is 0 Å². The van der Waals surface area contributed by atoms with Crippen molar-refractivity contribution in [2.75, 3.05) is 7.05 Å². The summed E-state index contributed by atoms with van der Waals surface area (Å²) in [5.41, 5.74) is 4.58. The van der Waals surface area contributed by atoms with Gasteiger partial charge < -0.3 is 4.90 Å². The zero-order chi connectivity index (χ0) is 19.2. The van der Waals surface area contributed by atoms with Crippen molar-refractivity contribution in [3.63, 3.8) is 0 Å². The topological polar surface area (TPSA) is 51.0 Å². The first-order valence-corrected chi connectivity index (χ1v) is 9.37. The monoisotopic (exact) mass is 362 g/mol. The molecule has 27 heavy (non-hydrogen) atoms. The molecular weight excluding hydrogens is 336 g/mol. The Bertz CT molecular complexity index is 854. The summed E-state index contributed by atoms with van der Waals surface area (Å²) in [6.45, 7) is 4.20. The van der Waals surface area contributed by atoms with Gasteiger partial charge in [-0.3, -0.25) is 4.79 Å². The van der Waals surface area contributed by atoms with Gasteiger partial charge in [0.15, 0.2) is 0 Å². The minimum absolute atomic E-state index is 0.0183. The second-order valence-corrected chi connectivity index (χ2v) is 6.78. The first-order chi connectivity index (χ1) is 13.1. The fraction of sp³-hybridized carbons (Fsp3) is 0.318. The molecule has 5 heteroatoms. The predicted molar refractivity (Wildman–Crippen MR) is 107 cm³/mol. The molecule has 3 aromatic rings. The minimum atomic E-state index is 0.0183. The molecule has 0 saturated carbocycles. The van der Waals surface area contributed by atoms with Gasteiger partial charge in [0.2, 0.25) is 5.91 Å². The lowest BCUT2D eigenvalue weighted by molar-refractivity contribution is -0.131. The van der Waals surface area contributed by atoms with Crippen LogP contribution in [0.1, 0.15) is 43.0 Å². The Morgan fingerprint density at radius 3 is 2.33 bits per heavy atom. The molecule has 0 aliphatic heterocycles. The highest BCUT2D eigenvalue weighted by molar-refractivity contribution is 5.76. The molecule has 0 saturated heterocycles. The second-order valence-electron chi connectivity index (χ2n) is 6.78. The van der Waals surface area contributed by atoms with Crippen molar-refractivity contribution in [1.82, 2.24) is 19.7 Å². The second kappa shape index (κ2) is 8.62. The maximum Gasteiger partial charge on any atom is 0.223 e. The van der Waals surface area contributed by atoms with E-state index in [0.29, 0.717) is 6.42 Å². The summed E-state index contributed by atoms with van der Waals surface area (Å²) in [6.07, 6.45) is 5.50. The van der Waals surface area contributed by atoms with Gasteiger partial charge in [0.1, 0.15) is 12.7 Å². The summed E-state index contributed by atoms with van der Waals surface area (Å²) in [5.74, 6) is 0.155. The fourth-order valence-corrected chi connectivity index (χ4v) is 3.06. The van der Waals surface area contributed by atoms with Gasteiger partial charge in [-0.05, 0) is 48.6 Å². The minimum Gasteiger partial charge on any atom is -0.339 e. The van der Waals surface area contributed by atoms with Crippen LogP contribution in [-0.4, -0.2) is 32.6 Å². The zero-order valence-corrected chi connectivity index (χ0v) is 16.2. The Balaban J connectivity index is 1.58. The Morgan fingerprint density at radius 1 is 1.07 bits per heavy atom. The van der Waals surface area contributed by atoms with Crippen LogP contribution in [0.5, 0.6) is 0 Å². The number of aromatic nitrogens is 3. The number of hydrogen-bond donors (Lipinski definition) is 0. The molecule has 0 radical (unpaired) electrons. The predicted octanol–water partition coefficient (Wildman–Crippen LogP) is 3.98. The normalized spacial score (nSPS) is 12.0. The number of carbonyl (C=O) groups excluding carboxylic acids is 1. The number of rotatable bonds is 7. The van der Waals surface area contributed by atoms with Crippen LogP contribution in [0.2, 0.25) is 0 Å². The highest BCUT2D eigenvalue weighted by atomic mass is 16.2. The van der Waals surface area contributed by atoms with E-state index in [0.717, 1.165) is 24.1 Å². The number of benzene rings is 2.